The SMILES string of the molecule is CCOC(=O)Nc1ccc2c(n1)N(CC(C)(C)C)C(=O)CO2. The Bertz CT molecular complexity index is 581. The van der Waals surface area contributed by atoms with Crippen molar-refractivity contribution in [1.29, 1.82) is 0 Å². The van der Waals surface area contributed by atoms with Crippen molar-refractivity contribution in [2.75, 3.05) is 30.0 Å². The summed E-state index contributed by atoms with van der Waals surface area (Å²) in [5, 5.41) is 2.53. The molecule has 1 aromatic heterocycles. The maximum Gasteiger partial charge on any atom is 0.412 e. The molecule has 0 spiro atoms. The molecule has 2 heterocycles. The number of amides is 2. The van der Waals surface area contributed by atoms with Crippen LogP contribution in [0.15, 0.2) is 12.1 Å². The summed E-state index contributed by atoms with van der Waals surface area (Å²) in [6.45, 7) is 8.61. The zero-order chi connectivity index (χ0) is 16.3. The molecule has 2 rings (SSSR count). The van der Waals surface area contributed by atoms with Gasteiger partial charge in [-0.15, -0.1) is 0 Å². The molecule has 2 amide bonds. The predicted octanol–water partition coefficient (Wildman–Crippen LogP) is 2.42. The number of hydrogen-bond acceptors (Lipinski definition) is 5. The van der Waals surface area contributed by atoms with Crippen LogP contribution in [0.4, 0.5) is 16.4 Å². The molecule has 0 saturated heterocycles. The van der Waals surface area contributed by atoms with Gasteiger partial charge in [-0.05, 0) is 24.5 Å². The van der Waals surface area contributed by atoms with Crippen molar-refractivity contribution in [1.82, 2.24) is 4.98 Å². The van der Waals surface area contributed by atoms with Crippen LogP contribution < -0.4 is 15.0 Å². The molecular formula is C15H21N3O4. The van der Waals surface area contributed by atoms with Crippen LogP contribution in [0.2, 0.25) is 0 Å². The van der Waals surface area contributed by atoms with Crippen molar-refractivity contribution in [3.05, 3.63) is 12.1 Å². The van der Waals surface area contributed by atoms with Crippen LogP contribution in [-0.4, -0.2) is 36.7 Å². The third-order valence-electron chi connectivity index (χ3n) is 2.89. The first-order valence-electron chi connectivity index (χ1n) is 7.18. The molecule has 1 N–H and O–H groups in total. The van der Waals surface area contributed by atoms with E-state index in [0.717, 1.165) is 0 Å². The molecule has 0 aromatic carbocycles. The van der Waals surface area contributed by atoms with E-state index in [4.69, 9.17) is 9.47 Å². The number of aromatic nitrogens is 1. The molecule has 1 aliphatic heterocycles. The molecule has 0 unspecified atom stereocenters. The van der Waals surface area contributed by atoms with Crippen LogP contribution in [0.3, 0.4) is 0 Å². The predicted molar refractivity (Wildman–Crippen MR) is 82.2 cm³/mol. The summed E-state index contributed by atoms with van der Waals surface area (Å²) < 4.78 is 10.2. The van der Waals surface area contributed by atoms with E-state index >= 15 is 0 Å². The highest BCUT2D eigenvalue weighted by Crippen LogP contribution is 2.33. The minimum Gasteiger partial charge on any atom is -0.480 e. The Morgan fingerprint density at radius 3 is 2.82 bits per heavy atom. The molecule has 0 fully saturated rings. The number of ether oxygens (including phenoxy) is 2. The second-order valence-corrected chi connectivity index (χ2v) is 6.19. The maximum absolute atomic E-state index is 12.1. The fourth-order valence-electron chi connectivity index (χ4n) is 2.06. The van der Waals surface area contributed by atoms with Crippen LogP contribution >= 0.6 is 0 Å². The zero-order valence-electron chi connectivity index (χ0n) is 13.3. The Morgan fingerprint density at radius 2 is 2.18 bits per heavy atom. The summed E-state index contributed by atoms with van der Waals surface area (Å²) in [5.74, 6) is 1.11. The molecule has 1 aromatic rings. The van der Waals surface area contributed by atoms with Crippen LogP contribution in [0.5, 0.6) is 5.75 Å². The average molecular weight is 307 g/mol. The van der Waals surface area contributed by atoms with Gasteiger partial charge in [0.25, 0.3) is 5.91 Å². The number of carbonyl (C=O) groups excluding carboxylic acids is 2. The van der Waals surface area contributed by atoms with Crippen molar-refractivity contribution in [3.63, 3.8) is 0 Å². The first-order chi connectivity index (χ1) is 10.3. The molecule has 0 bridgehead atoms. The normalized spacial score (nSPS) is 14.2. The number of fused-ring (bicyclic) bond motifs is 1. The lowest BCUT2D eigenvalue weighted by Gasteiger charge is -2.33. The highest BCUT2D eigenvalue weighted by molar-refractivity contribution is 5.97. The Balaban J connectivity index is 2.28. The van der Waals surface area contributed by atoms with Crippen LogP contribution in [0.1, 0.15) is 27.7 Å². The summed E-state index contributed by atoms with van der Waals surface area (Å²) in [5.41, 5.74) is -0.0868. The molecular weight excluding hydrogens is 286 g/mol. The van der Waals surface area contributed by atoms with Crippen molar-refractivity contribution in [2.45, 2.75) is 27.7 Å². The molecule has 120 valence electrons. The average Bonchev–Trinajstić information content (AvgIpc) is 2.41. The van der Waals surface area contributed by atoms with Gasteiger partial charge in [0.2, 0.25) is 0 Å². The van der Waals surface area contributed by atoms with E-state index in [9.17, 15) is 9.59 Å². The van der Waals surface area contributed by atoms with Crippen molar-refractivity contribution in [3.8, 4) is 5.75 Å². The number of nitrogens with zero attached hydrogens (tertiary/aromatic N) is 2. The van der Waals surface area contributed by atoms with Crippen molar-refractivity contribution in [2.24, 2.45) is 5.41 Å². The Kier molecular flexibility index (Phi) is 4.54. The molecule has 0 aliphatic carbocycles. The lowest BCUT2D eigenvalue weighted by atomic mass is 9.96. The minimum atomic E-state index is -0.583. The van der Waals surface area contributed by atoms with Gasteiger partial charge >= 0.3 is 6.09 Å². The van der Waals surface area contributed by atoms with E-state index in [2.05, 4.69) is 10.3 Å². The van der Waals surface area contributed by atoms with Crippen LogP contribution in [0.25, 0.3) is 0 Å². The highest BCUT2D eigenvalue weighted by Gasteiger charge is 2.30. The number of rotatable bonds is 3. The van der Waals surface area contributed by atoms with Gasteiger partial charge < -0.3 is 9.47 Å². The lowest BCUT2D eigenvalue weighted by molar-refractivity contribution is -0.121. The highest BCUT2D eigenvalue weighted by atomic mass is 16.5. The monoisotopic (exact) mass is 307 g/mol. The van der Waals surface area contributed by atoms with Crippen molar-refractivity contribution >= 4 is 23.6 Å². The van der Waals surface area contributed by atoms with Gasteiger partial charge in [-0.25, -0.2) is 9.78 Å². The van der Waals surface area contributed by atoms with Crippen LogP contribution in [-0.2, 0) is 9.53 Å². The molecule has 0 atom stereocenters. The van der Waals surface area contributed by atoms with Gasteiger partial charge in [-0.2, -0.15) is 0 Å². The summed E-state index contributed by atoms with van der Waals surface area (Å²) in [6, 6.07) is 3.30. The Labute approximate surface area is 129 Å². The van der Waals surface area contributed by atoms with Gasteiger partial charge in [0, 0.05) is 6.54 Å². The minimum absolute atomic E-state index is 0.00455. The number of hydrogen-bond donors (Lipinski definition) is 1. The lowest BCUT2D eigenvalue weighted by Crippen LogP contribution is -2.44. The smallest absolute Gasteiger partial charge is 0.412 e. The molecule has 7 nitrogen and oxygen atoms in total. The van der Waals surface area contributed by atoms with Gasteiger partial charge in [-0.3, -0.25) is 15.0 Å². The summed E-state index contributed by atoms with van der Waals surface area (Å²) >= 11 is 0. The van der Waals surface area contributed by atoms with Gasteiger partial charge in [0.1, 0.15) is 5.82 Å². The number of pyridine rings is 1. The van der Waals surface area contributed by atoms with E-state index in [1.54, 1.807) is 24.0 Å². The second-order valence-electron chi connectivity index (χ2n) is 6.19. The van der Waals surface area contributed by atoms with Gasteiger partial charge in [0.15, 0.2) is 18.2 Å². The molecule has 22 heavy (non-hydrogen) atoms. The van der Waals surface area contributed by atoms with E-state index in [1.165, 1.54) is 0 Å². The third kappa shape index (κ3) is 3.87. The number of carbonyl (C=O) groups is 2. The number of nitrogens with one attached hydrogen (secondary N) is 1. The Morgan fingerprint density at radius 1 is 1.45 bits per heavy atom. The quantitative estimate of drug-likeness (QED) is 0.927. The van der Waals surface area contributed by atoms with Gasteiger partial charge in [-0.1, -0.05) is 20.8 Å². The van der Waals surface area contributed by atoms with Crippen molar-refractivity contribution < 1.29 is 19.1 Å². The maximum atomic E-state index is 12.1. The number of anilines is 2. The fourth-order valence-corrected chi connectivity index (χ4v) is 2.06. The molecule has 0 saturated carbocycles. The first-order valence-corrected chi connectivity index (χ1v) is 7.18. The summed E-state index contributed by atoms with van der Waals surface area (Å²) in [7, 11) is 0. The van der Waals surface area contributed by atoms with E-state index < -0.39 is 6.09 Å². The van der Waals surface area contributed by atoms with E-state index in [1.807, 2.05) is 20.8 Å². The van der Waals surface area contributed by atoms with E-state index in [0.29, 0.717) is 23.9 Å². The van der Waals surface area contributed by atoms with E-state index in [-0.39, 0.29) is 24.5 Å². The standard InChI is InChI=1S/C15H21N3O4/c1-5-21-14(20)17-11-7-6-10-13(16-11)18(9-15(2,3)4)12(19)8-22-10/h6-7H,5,8-9H2,1-4H3,(H,16,17,20). The first kappa shape index (κ1) is 16.1. The zero-order valence-corrected chi connectivity index (χ0v) is 13.3. The summed E-state index contributed by atoms with van der Waals surface area (Å²) in [6.07, 6.45) is -0.583. The molecule has 7 heteroatoms. The van der Waals surface area contributed by atoms with Gasteiger partial charge in [0.05, 0.1) is 6.61 Å². The topological polar surface area (TPSA) is 80.8 Å². The fraction of sp³-hybridized carbons (Fsp3) is 0.533. The largest absolute Gasteiger partial charge is 0.480 e. The molecule has 1 aliphatic rings. The third-order valence-corrected chi connectivity index (χ3v) is 2.89. The Hall–Kier alpha value is -2.31. The second kappa shape index (κ2) is 6.21. The van der Waals surface area contributed by atoms with Crippen LogP contribution in [0, 0.1) is 5.41 Å². The summed E-state index contributed by atoms with van der Waals surface area (Å²) in [4.78, 5) is 29.5. The molecule has 0 radical (unpaired) electrons.